The second-order valence-corrected chi connectivity index (χ2v) is 7.94. The number of hydrogen-bond donors (Lipinski definition) is 2. The Morgan fingerprint density at radius 2 is 2.04 bits per heavy atom. The molecule has 2 aliphatic rings. The fourth-order valence-electron chi connectivity index (χ4n) is 3.75. The van der Waals surface area contributed by atoms with Crippen LogP contribution >= 0.6 is 11.5 Å². The molecule has 0 saturated carbocycles. The van der Waals surface area contributed by atoms with Gasteiger partial charge in [0.05, 0.1) is 28.5 Å². The van der Waals surface area contributed by atoms with E-state index >= 15 is 0 Å². The highest BCUT2D eigenvalue weighted by atomic mass is 32.1. The molecule has 0 radical (unpaired) electrons. The second-order valence-electron chi connectivity index (χ2n) is 7.10. The van der Waals surface area contributed by atoms with Crippen molar-refractivity contribution in [1.82, 2.24) is 14.9 Å². The monoisotopic (exact) mass is 357 g/mol. The molecular weight excluding hydrogens is 334 g/mol. The van der Waals surface area contributed by atoms with Gasteiger partial charge in [-0.25, -0.2) is 0 Å². The Labute approximate surface area is 151 Å². The molecule has 132 valence electrons. The molecule has 2 aromatic rings. The average Bonchev–Trinajstić information content (AvgIpc) is 3.08. The van der Waals surface area contributed by atoms with Crippen molar-refractivity contribution in [3.63, 3.8) is 0 Å². The molecule has 4 rings (SSSR count). The Morgan fingerprint density at radius 3 is 2.80 bits per heavy atom. The van der Waals surface area contributed by atoms with Crippen molar-refractivity contribution < 1.29 is 4.79 Å². The topological polar surface area (TPSA) is 70.2 Å². The zero-order chi connectivity index (χ0) is 17.4. The van der Waals surface area contributed by atoms with Crippen LogP contribution in [0.1, 0.15) is 43.2 Å². The molecule has 0 bridgehead atoms. The van der Waals surface area contributed by atoms with Crippen molar-refractivity contribution in [3.05, 3.63) is 34.8 Å². The molecule has 7 heteroatoms. The van der Waals surface area contributed by atoms with Crippen LogP contribution < -0.4 is 15.5 Å². The van der Waals surface area contributed by atoms with Crippen LogP contribution in [0.3, 0.4) is 0 Å². The first-order valence-electron chi connectivity index (χ1n) is 8.82. The van der Waals surface area contributed by atoms with Gasteiger partial charge in [-0.15, -0.1) is 5.10 Å². The van der Waals surface area contributed by atoms with Gasteiger partial charge in [-0.3, -0.25) is 4.79 Å². The van der Waals surface area contributed by atoms with E-state index in [-0.39, 0.29) is 5.91 Å². The summed E-state index contributed by atoms with van der Waals surface area (Å²) in [7, 11) is 0. The zero-order valence-electron chi connectivity index (χ0n) is 14.6. The number of rotatable bonds is 3. The lowest BCUT2D eigenvalue weighted by Gasteiger charge is -2.45. The quantitative estimate of drug-likeness (QED) is 0.884. The first-order chi connectivity index (χ1) is 12.1. The molecule has 2 aliphatic heterocycles. The standard InChI is InChI=1S/C18H23N5OS/c1-12(2)16-15(25-22-21-16)11-23-14-6-4-3-5-13(14)20-18(17(23)24)7-9-19-10-8-18/h3-6,12,19-20H,7-11H2,1-2H3. The Bertz CT molecular complexity index is 781. The van der Waals surface area contributed by atoms with Crippen LogP contribution in [-0.2, 0) is 11.3 Å². The van der Waals surface area contributed by atoms with Gasteiger partial charge in [-0.2, -0.15) is 0 Å². The van der Waals surface area contributed by atoms with Crippen molar-refractivity contribution in [2.45, 2.75) is 44.7 Å². The lowest BCUT2D eigenvalue weighted by Crippen LogP contribution is -2.61. The van der Waals surface area contributed by atoms with Gasteiger partial charge in [0.25, 0.3) is 5.91 Å². The molecule has 1 aromatic carbocycles. The summed E-state index contributed by atoms with van der Waals surface area (Å²) in [5.41, 5.74) is 2.47. The number of nitrogens with one attached hydrogen (secondary N) is 2. The maximum absolute atomic E-state index is 13.5. The van der Waals surface area contributed by atoms with E-state index in [1.165, 1.54) is 11.5 Å². The van der Waals surface area contributed by atoms with Gasteiger partial charge >= 0.3 is 0 Å². The number of amides is 1. The lowest BCUT2D eigenvalue weighted by atomic mass is 9.84. The molecule has 1 spiro atoms. The number of para-hydroxylation sites is 2. The lowest BCUT2D eigenvalue weighted by molar-refractivity contribution is -0.124. The minimum Gasteiger partial charge on any atom is -0.369 e. The number of nitrogens with zero attached hydrogens (tertiary/aromatic N) is 3. The third kappa shape index (κ3) is 2.81. The predicted molar refractivity (Wildman–Crippen MR) is 100 cm³/mol. The fraction of sp³-hybridized carbons (Fsp3) is 0.500. The van der Waals surface area contributed by atoms with Crippen LogP contribution in [-0.4, -0.2) is 34.1 Å². The van der Waals surface area contributed by atoms with E-state index in [1.54, 1.807) is 0 Å². The SMILES string of the molecule is CC(C)c1nnsc1CN1C(=O)C2(CCNCC2)Nc2ccccc21. The summed E-state index contributed by atoms with van der Waals surface area (Å²) in [6.45, 7) is 6.48. The maximum Gasteiger partial charge on any atom is 0.253 e. The van der Waals surface area contributed by atoms with Crippen LogP contribution in [0, 0.1) is 0 Å². The van der Waals surface area contributed by atoms with Gasteiger partial charge in [-0.05, 0) is 55.5 Å². The van der Waals surface area contributed by atoms with Crippen molar-refractivity contribution >= 4 is 28.8 Å². The number of anilines is 2. The van der Waals surface area contributed by atoms with Gasteiger partial charge in [-0.1, -0.05) is 30.5 Å². The summed E-state index contributed by atoms with van der Waals surface area (Å²) in [6.07, 6.45) is 1.60. The molecule has 25 heavy (non-hydrogen) atoms. The maximum atomic E-state index is 13.5. The molecule has 1 amide bonds. The normalized spacial score (nSPS) is 19.2. The van der Waals surface area contributed by atoms with E-state index in [2.05, 4.69) is 40.1 Å². The van der Waals surface area contributed by atoms with Gasteiger partial charge in [0.15, 0.2) is 0 Å². The number of piperidine rings is 1. The highest BCUT2D eigenvalue weighted by Crippen LogP contribution is 2.40. The number of fused-ring (bicyclic) bond motifs is 1. The summed E-state index contributed by atoms with van der Waals surface area (Å²) in [6, 6.07) is 8.07. The first kappa shape index (κ1) is 16.5. The van der Waals surface area contributed by atoms with Gasteiger partial charge in [0.2, 0.25) is 0 Å². The van der Waals surface area contributed by atoms with Crippen molar-refractivity contribution in [3.8, 4) is 0 Å². The summed E-state index contributed by atoms with van der Waals surface area (Å²) < 4.78 is 4.12. The third-order valence-electron chi connectivity index (χ3n) is 5.11. The number of carbonyl (C=O) groups excluding carboxylic acids is 1. The highest BCUT2D eigenvalue weighted by molar-refractivity contribution is 7.05. The van der Waals surface area contributed by atoms with E-state index < -0.39 is 5.54 Å². The van der Waals surface area contributed by atoms with Crippen LogP contribution in [0.25, 0.3) is 0 Å². The Hall–Kier alpha value is -1.99. The van der Waals surface area contributed by atoms with E-state index in [4.69, 9.17) is 0 Å². The summed E-state index contributed by atoms with van der Waals surface area (Å²) in [5.74, 6) is 0.464. The molecule has 1 aromatic heterocycles. The van der Waals surface area contributed by atoms with Gasteiger partial charge < -0.3 is 15.5 Å². The molecule has 2 N–H and O–H groups in total. The van der Waals surface area contributed by atoms with Crippen molar-refractivity contribution in [2.24, 2.45) is 0 Å². The van der Waals surface area contributed by atoms with Crippen LogP contribution in [0.5, 0.6) is 0 Å². The second kappa shape index (κ2) is 6.38. The minimum absolute atomic E-state index is 0.163. The van der Waals surface area contributed by atoms with E-state index in [0.717, 1.165) is 47.9 Å². The number of hydrogen-bond acceptors (Lipinski definition) is 6. The number of benzene rings is 1. The summed E-state index contributed by atoms with van der Waals surface area (Å²) >= 11 is 1.40. The summed E-state index contributed by atoms with van der Waals surface area (Å²) in [4.78, 5) is 16.5. The van der Waals surface area contributed by atoms with Gasteiger partial charge in [0.1, 0.15) is 5.54 Å². The zero-order valence-corrected chi connectivity index (χ0v) is 15.4. The van der Waals surface area contributed by atoms with E-state index in [9.17, 15) is 4.79 Å². The first-order valence-corrected chi connectivity index (χ1v) is 9.59. The minimum atomic E-state index is -0.504. The average molecular weight is 357 g/mol. The predicted octanol–water partition coefficient (Wildman–Crippen LogP) is 2.74. The van der Waals surface area contributed by atoms with E-state index in [0.29, 0.717) is 12.5 Å². The molecule has 1 fully saturated rings. The van der Waals surface area contributed by atoms with Crippen molar-refractivity contribution in [1.29, 1.82) is 0 Å². The van der Waals surface area contributed by atoms with Gasteiger partial charge in [0, 0.05) is 0 Å². The fourth-order valence-corrected chi connectivity index (χ4v) is 4.53. The van der Waals surface area contributed by atoms with Crippen LogP contribution in [0.4, 0.5) is 11.4 Å². The molecule has 0 atom stereocenters. The largest absolute Gasteiger partial charge is 0.369 e. The Kier molecular flexibility index (Phi) is 4.21. The molecule has 1 saturated heterocycles. The van der Waals surface area contributed by atoms with Crippen LogP contribution in [0.15, 0.2) is 24.3 Å². The number of aromatic nitrogens is 2. The van der Waals surface area contributed by atoms with Crippen molar-refractivity contribution in [2.75, 3.05) is 23.3 Å². The molecule has 0 unspecified atom stereocenters. The Balaban J connectivity index is 1.74. The highest BCUT2D eigenvalue weighted by Gasteiger charge is 2.46. The molecule has 3 heterocycles. The summed E-state index contributed by atoms with van der Waals surface area (Å²) in [5, 5.41) is 11.2. The molecule has 6 nitrogen and oxygen atoms in total. The van der Waals surface area contributed by atoms with E-state index in [1.807, 2.05) is 23.1 Å². The third-order valence-corrected chi connectivity index (χ3v) is 5.84. The molecular formula is C18H23N5OS. The Morgan fingerprint density at radius 1 is 1.28 bits per heavy atom. The molecule has 0 aliphatic carbocycles. The van der Waals surface area contributed by atoms with Crippen LogP contribution in [0.2, 0.25) is 0 Å². The number of carbonyl (C=O) groups is 1. The smallest absolute Gasteiger partial charge is 0.253 e.